The molecule has 0 aromatic carbocycles. The summed E-state index contributed by atoms with van der Waals surface area (Å²) in [7, 11) is 1.67. The normalized spacial score (nSPS) is 21.6. The van der Waals surface area contributed by atoms with E-state index < -0.39 is 8.56 Å². The largest absolute Gasteiger partial charge is 0.398 e. The first-order chi connectivity index (χ1) is 7.11. The maximum absolute atomic E-state index is 5.54. The van der Waals surface area contributed by atoms with Crippen molar-refractivity contribution in [2.75, 3.05) is 27.3 Å². The van der Waals surface area contributed by atoms with Crippen molar-refractivity contribution < 1.29 is 8.85 Å². The topological polar surface area (TPSA) is 21.7 Å². The van der Waals surface area contributed by atoms with Gasteiger partial charge < -0.3 is 13.8 Å². The first-order valence-electron chi connectivity index (χ1n) is 5.95. The lowest BCUT2D eigenvalue weighted by Crippen LogP contribution is -2.46. The average molecular weight is 231 g/mol. The minimum atomic E-state index is -1.89. The summed E-state index contributed by atoms with van der Waals surface area (Å²) >= 11 is 0. The second kappa shape index (κ2) is 5.99. The molecule has 1 aliphatic heterocycles. The van der Waals surface area contributed by atoms with Gasteiger partial charge in [-0.2, -0.15) is 0 Å². The lowest BCUT2D eigenvalue weighted by molar-refractivity contribution is 0.167. The van der Waals surface area contributed by atoms with Gasteiger partial charge in [0.1, 0.15) is 0 Å². The van der Waals surface area contributed by atoms with E-state index in [0.717, 1.165) is 6.04 Å². The average Bonchev–Trinajstić information content (AvgIpc) is 2.30. The summed E-state index contributed by atoms with van der Waals surface area (Å²) in [6.45, 7) is 6.94. The summed E-state index contributed by atoms with van der Waals surface area (Å²) in [4.78, 5) is 2.58. The van der Waals surface area contributed by atoms with E-state index in [1.807, 2.05) is 0 Å². The van der Waals surface area contributed by atoms with Crippen LogP contribution >= 0.6 is 0 Å². The molecular formula is C11H25NO2Si. The lowest BCUT2D eigenvalue weighted by atomic mass is 10.1. The number of piperidine rings is 1. The number of rotatable bonds is 5. The molecule has 0 radical (unpaired) electrons. The number of nitrogens with zero attached hydrogens (tertiary/aromatic N) is 1. The van der Waals surface area contributed by atoms with Crippen LogP contribution in [-0.2, 0) is 8.85 Å². The Labute approximate surface area is 95.0 Å². The molecule has 0 N–H and O–H groups in total. The highest BCUT2D eigenvalue weighted by atomic mass is 28.4. The van der Waals surface area contributed by atoms with Gasteiger partial charge in [-0.1, -0.05) is 6.42 Å². The van der Waals surface area contributed by atoms with Gasteiger partial charge in [-0.05, 0) is 39.4 Å². The molecule has 0 aromatic heterocycles. The van der Waals surface area contributed by atoms with E-state index in [4.69, 9.17) is 8.85 Å². The van der Waals surface area contributed by atoms with Crippen molar-refractivity contribution in [2.45, 2.75) is 44.8 Å². The van der Waals surface area contributed by atoms with Crippen molar-refractivity contribution in [1.82, 2.24) is 4.90 Å². The van der Waals surface area contributed by atoms with Gasteiger partial charge in [-0.3, -0.25) is 0 Å². The van der Waals surface area contributed by atoms with Crippen LogP contribution < -0.4 is 0 Å². The van der Waals surface area contributed by atoms with Crippen molar-refractivity contribution in [3.05, 3.63) is 0 Å². The molecule has 3 nitrogen and oxygen atoms in total. The van der Waals surface area contributed by atoms with Crippen LogP contribution in [0.4, 0.5) is 0 Å². The Bertz CT molecular complexity index is 179. The molecule has 1 aliphatic rings. The molecule has 1 heterocycles. The summed E-state index contributed by atoms with van der Waals surface area (Å²) in [6.07, 6.45) is 4.09. The van der Waals surface area contributed by atoms with Gasteiger partial charge in [0.25, 0.3) is 0 Å². The van der Waals surface area contributed by atoms with Gasteiger partial charge in [-0.25, -0.2) is 0 Å². The highest BCUT2D eigenvalue weighted by molar-refractivity contribution is 6.66. The Kier molecular flexibility index (Phi) is 5.25. The van der Waals surface area contributed by atoms with Crippen LogP contribution in [0.3, 0.4) is 0 Å². The van der Waals surface area contributed by atoms with E-state index in [1.165, 1.54) is 32.4 Å². The van der Waals surface area contributed by atoms with Crippen LogP contribution in [0.5, 0.6) is 0 Å². The number of hydrogen-bond acceptors (Lipinski definition) is 3. The van der Waals surface area contributed by atoms with Crippen molar-refractivity contribution >= 4 is 8.56 Å². The van der Waals surface area contributed by atoms with Gasteiger partial charge in [-0.15, -0.1) is 0 Å². The van der Waals surface area contributed by atoms with Crippen molar-refractivity contribution in [3.63, 3.8) is 0 Å². The first-order valence-corrected chi connectivity index (χ1v) is 8.48. The summed E-state index contributed by atoms with van der Waals surface area (Å²) in [5.41, 5.74) is 0. The van der Waals surface area contributed by atoms with E-state index >= 15 is 0 Å². The fourth-order valence-electron chi connectivity index (χ4n) is 2.27. The minimum Gasteiger partial charge on any atom is -0.398 e. The molecule has 1 saturated heterocycles. The van der Waals surface area contributed by atoms with Crippen LogP contribution in [-0.4, -0.2) is 46.8 Å². The fourth-order valence-corrected chi connectivity index (χ4v) is 4.11. The van der Waals surface area contributed by atoms with Crippen LogP contribution in [0.15, 0.2) is 0 Å². The molecule has 1 rings (SSSR count). The molecule has 0 amide bonds. The second-order valence-electron chi connectivity index (χ2n) is 4.69. The van der Waals surface area contributed by atoms with Gasteiger partial charge >= 0.3 is 8.56 Å². The highest BCUT2D eigenvalue weighted by Gasteiger charge is 2.33. The smallest absolute Gasteiger partial charge is 0.335 e. The SMILES string of the molecule is CO[Si](C)(CC(C)N1CCCCC1)OC. The van der Waals surface area contributed by atoms with E-state index in [0.29, 0.717) is 6.04 Å². The zero-order chi connectivity index (χ0) is 11.3. The zero-order valence-electron chi connectivity index (χ0n) is 10.6. The third-order valence-corrected chi connectivity index (χ3v) is 6.60. The molecule has 0 aliphatic carbocycles. The Hall–Kier alpha value is 0.0969. The van der Waals surface area contributed by atoms with E-state index in [-0.39, 0.29) is 0 Å². The molecular weight excluding hydrogens is 206 g/mol. The molecule has 0 saturated carbocycles. The Morgan fingerprint density at radius 3 is 2.13 bits per heavy atom. The van der Waals surface area contributed by atoms with Crippen molar-refractivity contribution in [3.8, 4) is 0 Å². The summed E-state index contributed by atoms with van der Waals surface area (Å²) in [5, 5.41) is 0. The molecule has 90 valence electrons. The van der Waals surface area contributed by atoms with Crippen LogP contribution in [0.1, 0.15) is 26.2 Å². The molecule has 1 fully saturated rings. The van der Waals surface area contributed by atoms with E-state index in [9.17, 15) is 0 Å². The third kappa shape index (κ3) is 3.87. The molecule has 0 spiro atoms. The fraction of sp³-hybridized carbons (Fsp3) is 1.00. The van der Waals surface area contributed by atoms with Crippen LogP contribution in [0.2, 0.25) is 12.6 Å². The second-order valence-corrected chi connectivity index (χ2v) is 8.18. The lowest BCUT2D eigenvalue weighted by Gasteiger charge is -2.35. The maximum atomic E-state index is 5.54. The first kappa shape index (κ1) is 13.2. The Morgan fingerprint density at radius 2 is 1.67 bits per heavy atom. The van der Waals surface area contributed by atoms with Crippen LogP contribution in [0, 0.1) is 0 Å². The predicted molar refractivity (Wildman–Crippen MR) is 65.3 cm³/mol. The number of hydrogen-bond donors (Lipinski definition) is 0. The molecule has 1 atom stereocenters. The van der Waals surface area contributed by atoms with Crippen LogP contribution in [0.25, 0.3) is 0 Å². The molecule has 0 bridgehead atoms. The van der Waals surface area contributed by atoms with Gasteiger partial charge in [0.2, 0.25) is 0 Å². The van der Waals surface area contributed by atoms with Gasteiger partial charge in [0.05, 0.1) is 0 Å². The quantitative estimate of drug-likeness (QED) is 0.677. The monoisotopic (exact) mass is 231 g/mol. The standard InChI is InChI=1S/C11H25NO2Si/c1-11(10-15(4,13-2)14-3)12-8-6-5-7-9-12/h11H,5-10H2,1-4H3. The number of likely N-dealkylation sites (tertiary alicyclic amines) is 1. The molecule has 4 heteroatoms. The predicted octanol–water partition coefficient (Wildman–Crippen LogP) is 2.23. The summed E-state index contributed by atoms with van der Waals surface area (Å²) in [6, 6.07) is 1.67. The van der Waals surface area contributed by atoms with E-state index in [2.05, 4.69) is 18.4 Å². The highest BCUT2D eigenvalue weighted by Crippen LogP contribution is 2.20. The summed E-state index contributed by atoms with van der Waals surface area (Å²) < 4.78 is 11.1. The van der Waals surface area contributed by atoms with Crippen molar-refractivity contribution in [2.24, 2.45) is 0 Å². The molecule has 1 unspecified atom stereocenters. The maximum Gasteiger partial charge on any atom is 0.335 e. The Morgan fingerprint density at radius 1 is 1.13 bits per heavy atom. The van der Waals surface area contributed by atoms with Crippen molar-refractivity contribution in [1.29, 1.82) is 0 Å². The van der Waals surface area contributed by atoms with Gasteiger partial charge in [0.15, 0.2) is 0 Å². The third-order valence-electron chi connectivity index (χ3n) is 3.54. The minimum absolute atomic E-state index is 0.599. The van der Waals surface area contributed by atoms with E-state index in [1.54, 1.807) is 14.2 Å². The van der Waals surface area contributed by atoms with Gasteiger partial charge in [0, 0.05) is 26.3 Å². The molecule has 15 heavy (non-hydrogen) atoms. The molecule has 0 aromatic rings. The Balaban J connectivity index is 2.41. The summed E-state index contributed by atoms with van der Waals surface area (Å²) in [5.74, 6) is 0. The zero-order valence-corrected chi connectivity index (χ0v) is 11.6.